The molecule has 0 radical (unpaired) electrons. The topological polar surface area (TPSA) is 90.0 Å². The van der Waals surface area contributed by atoms with Crippen LogP contribution in [0.5, 0.6) is 0 Å². The fourth-order valence-electron chi connectivity index (χ4n) is 1.48. The van der Waals surface area contributed by atoms with Gasteiger partial charge in [-0.25, -0.2) is 17.8 Å². The second-order valence-electron chi connectivity index (χ2n) is 3.54. The summed E-state index contributed by atoms with van der Waals surface area (Å²) in [6, 6.07) is 4.63. The molecule has 0 bridgehead atoms. The van der Waals surface area contributed by atoms with Crippen molar-refractivity contribution in [2.24, 2.45) is 0 Å². The lowest BCUT2D eigenvalue weighted by atomic mass is 10.3. The monoisotopic (exact) mass is 330 g/mol. The molecule has 0 aliphatic carbocycles. The van der Waals surface area contributed by atoms with Crippen LogP contribution in [0, 0.1) is 0 Å². The van der Waals surface area contributed by atoms with Crippen LogP contribution in [0.25, 0.3) is 5.69 Å². The van der Waals surface area contributed by atoms with Gasteiger partial charge in [0, 0.05) is 11.9 Å². The Balaban J connectivity index is 2.69. The van der Waals surface area contributed by atoms with Crippen molar-refractivity contribution < 1.29 is 8.42 Å². The van der Waals surface area contributed by atoms with Crippen LogP contribution in [-0.4, -0.2) is 25.2 Å². The summed E-state index contributed by atoms with van der Waals surface area (Å²) < 4.78 is 28.4. The molecule has 0 saturated heterocycles. The molecule has 3 N–H and O–H groups in total. The molecule has 2 aromatic rings. The van der Waals surface area contributed by atoms with E-state index < -0.39 is 10.0 Å². The zero-order valence-corrected chi connectivity index (χ0v) is 11.9. The van der Waals surface area contributed by atoms with E-state index in [2.05, 4.69) is 25.8 Å². The van der Waals surface area contributed by atoms with E-state index in [-0.39, 0.29) is 4.90 Å². The third kappa shape index (κ3) is 2.40. The molecule has 0 unspecified atom stereocenters. The SMILES string of the molecule is CNS(=O)(=O)c1cc(N)ccc1-n1cc(Br)cn1. The fraction of sp³-hybridized carbons (Fsp3) is 0.100. The third-order valence-corrected chi connectivity index (χ3v) is 4.19. The number of rotatable bonds is 3. The number of benzene rings is 1. The van der Waals surface area contributed by atoms with Crippen molar-refractivity contribution in [3.8, 4) is 5.69 Å². The van der Waals surface area contributed by atoms with E-state index in [0.717, 1.165) is 4.47 Å². The highest BCUT2D eigenvalue weighted by molar-refractivity contribution is 9.10. The van der Waals surface area contributed by atoms with Gasteiger partial charge < -0.3 is 5.73 Å². The number of hydrogen-bond acceptors (Lipinski definition) is 4. The number of halogens is 1. The fourth-order valence-corrected chi connectivity index (χ4v) is 2.71. The molecule has 8 heteroatoms. The van der Waals surface area contributed by atoms with Crippen molar-refractivity contribution in [1.29, 1.82) is 0 Å². The first-order valence-electron chi connectivity index (χ1n) is 4.97. The quantitative estimate of drug-likeness (QED) is 0.825. The van der Waals surface area contributed by atoms with Crippen LogP contribution in [0.2, 0.25) is 0 Å². The van der Waals surface area contributed by atoms with Gasteiger partial charge in [0.1, 0.15) is 4.90 Å². The molecule has 1 heterocycles. The summed E-state index contributed by atoms with van der Waals surface area (Å²) in [4.78, 5) is 0.0839. The van der Waals surface area contributed by atoms with Crippen molar-refractivity contribution in [2.75, 3.05) is 12.8 Å². The van der Waals surface area contributed by atoms with Crippen LogP contribution in [0.4, 0.5) is 5.69 Å². The molecule has 6 nitrogen and oxygen atoms in total. The van der Waals surface area contributed by atoms with Gasteiger partial charge in [0.2, 0.25) is 10.0 Å². The minimum absolute atomic E-state index is 0.0839. The Kier molecular flexibility index (Phi) is 3.42. The number of anilines is 1. The lowest BCUT2D eigenvalue weighted by Crippen LogP contribution is -2.20. The second kappa shape index (κ2) is 4.71. The van der Waals surface area contributed by atoms with Gasteiger partial charge in [0.05, 0.1) is 16.4 Å². The molecular formula is C10H11BrN4O2S. The number of nitrogens with two attached hydrogens (primary N) is 1. The van der Waals surface area contributed by atoms with E-state index in [9.17, 15) is 8.42 Å². The highest BCUT2D eigenvalue weighted by atomic mass is 79.9. The Bertz CT molecular complexity index is 681. The Labute approximate surface area is 113 Å². The summed E-state index contributed by atoms with van der Waals surface area (Å²) >= 11 is 3.26. The Morgan fingerprint density at radius 2 is 2.17 bits per heavy atom. The summed E-state index contributed by atoms with van der Waals surface area (Å²) in [5.74, 6) is 0. The normalized spacial score (nSPS) is 11.7. The maximum absolute atomic E-state index is 11.9. The minimum atomic E-state index is -3.60. The summed E-state index contributed by atoms with van der Waals surface area (Å²) in [6.07, 6.45) is 3.24. The molecule has 1 aromatic carbocycles. The van der Waals surface area contributed by atoms with Gasteiger partial charge in [0.25, 0.3) is 0 Å². The smallest absolute Gasteiger partial charge is 0.242 e. The first-order chi connectivity index (χ1) is 8.44. The Morgan fingerprint density at radius 3 is 2.72 bits per heavy atom. The minimum Gasteiger partial charge on any atom is -0.399 e. The van der Waals surface area contributed by atoms with E-state index in [4.69, 9.17) is 5.73 Å². The van der Waals surface area contributed by atoms with Crippen molar-refractivity contribution in [3.63, 3.8) is 0 Å². The van der Waals surface area contributed by atoms with Crippen molar-refractivity contribution in [3.05, 3.63) is 35.1 Å². The lowest BCUT2D eigenvalue weighted by Gasteiger charge is -2.10. The zero-order valence-electron chi connectivity index (χ0n) is 9.46. The van der Waals surface area contributed by atoms with Crippen molar-refractivity contribution in [2.45, 2.75) is 4.90 Å². The highest BCUT2D eigenvalue weighted by Gasteiger charge is 2.18. The number of hydrogen-bond donors (Lipinski definition) is 2. The number of aromatic nitrogens is 2. The van der Waals surface area contributed by atoms with E-state index in [1.165, 1.54) is 17.8 Å². The lowest BCUT2D eigenvalue weighted by molar-refractivity contribution is 0.587. The molecule has 0 aliphatic rings. The van der Waals surface area contributed by atoms with Gasteiger partial charge in [-0.15, -0.1) is 0 Å². The molecule has 1 aromatic heterocycles. The van der Waals surface area contributed by atoms with Crippen LogP contribution < -0.4 is 10.5 Å². The molecule has 0 spiro atoms. The molecule has 2 rings (SSSR count). The van der Waals surface area contributed by atoms with Gasteiger partial charge in [-0.2, -0.15) is 5.10 Å². The maximum atomic E-state index is 11.9. The van der Waals surface area contributed by atoms with Crippen LogP contribution in [0.3, 0.4) is 0 Å². The first kappa shape index (κ1) is 13.1. The standard InChI is InChI=1S/C10H11BrN4O2S/c1-13-18(16,17)10-4-8(12)2-3-9(10)15-6-7(11)5-14-15/h2-6,13H,12H2,1H3. The van der Waals surface area contributed by atoms with E-state index in [0.29, 0.717) is 11.4 Å². The van der Waals surface area contributed by atoms with Crippen molar-refractivity contribution in [1.82, 2.24) is 14.5 Å². The molecular weight excluding hydrogens is 320 g/mol. The number of nitrogens with one attached hydrogen (secondary N) is 1. The molecule has 0 amide bonds. The van der Waals surface area contributed by atoms with Crippen LogP contribution in [0.1, 0.15) is 0 Å². The Morgan fingerprint density at radius 1 is 1.44 bits per heavy atom. The molecule has 0 aliphatic heterocycles. The highest BCUT2D eigenvalue weighted by Crippen LogP contribution is 2.23. The third-order valence-electron chi connectivity index (χ3n) is 2.34. The van der Waals surface area contributed by atoms with E-state index in [1.807, 2.05) is 0 Å². The van der Waals surface area contributed by atoms with E-state index >= 15 is 0 Å². The molecule has 0 saturated carbocycles. The Hall–Kier alpha value is -1.38. The van der Waals surface area contributed by atoms with Crippen LogP contribution >= 0.6 is 15.9 Å². The average Bonchev–Trinajstić information content (AvgIpc) is 2.75. The zero-order chi connectivity index (χ0) is 13.3. The van der Waals surface area contributed by atoms with Gasteiger partial charge in [-0.05, 0) is 41.2 Å². The number of nitrogens with zero attached hydrogens (tertiary/aromatic N) is 2. The van der Waals surface area contributed by atoms with Crippen molar-refractivity contribution >= 4 is 31.6 Å². The van der Waals surface area contributed by atoms with Crippen LogP contribution in [-0.2, 0) is 10.0 Å². The van der Waals surface area contributed by atoms with Gasteiger partial charge in [0.15, 0.2) is 0 Å². The second-order valence-corrected chi connectivity index (χ2v) is 6.31. The number of sulfonamides is 1. The molecule has 96 valence electrons. The summed E-state index contributed by atoms with van der Waals surface area (Å²) in [5.41, 5.74) is 6.44. The summed E-state index contributed by atoms with van der Waals surface area (Å²) in [6.45, 7) is 0. The largest absolute Gasteiger partial charge is 0.399 e. The number of nitrogen functional groups attached to an aromatic ring is 1. The average molecular weight is 331 g/mol. The molecule has 0 fully saturated rings. The van der Waals surface area contributed by atoms with Crippen LogP contribution in [0.15, 0.2) is 40.0 Å². The van der Waals surface area contributed by atoms with Gasteiger partial charge in [-0.3, -0.25) is 0 Å². The van der Waals surface area contributed by atoms with Gasteiger partial charge in [-0.1, -0.05) is 0 Å². The predicted molar refractivity (Wildman–Crippen MR) is 71.9 cm³/mol. The van der Waals surface area contributed by atoms with Gasteiger partial charge >= 0.3 is 0 Å². The van der Waals surface area contributed by atoms with E-state index in [1.54, 1.807) is 24.5 Å². The molecule has 0 atom stereocenters. The summed E-state index contributed by atoms with van der Waals surface area (Å²) in [5, 5.41) is 4.06. The predicted octanol–water partition coefficient (Wildman–Crippen LogP) is 1.13. The summed E-state index contributed by atoms with van der Waals surface area (Å²) in [7, 11) is -2.25. The first-order valence-corrected chi connectivity index (χ1v) is 7.25. The molecule has 18 heavy (non-hydrogen) atoms. The maximum Gasteiger partial charge on any atom is 0.242 e.